The summed E-state index contributed by atoms with van der Waals surface area (Å²) in [6.45, 7) is 1.91. The number of amides is 4. The number of rotatable bonds is 8. The second kappa shape index (κ2) is 8.74. The number of urea groups is 1. The summed E-state index contributed by atoms with van der Waals surface area (Å²) in [4.78, 5) is 42.5. The van der Waals surface area contributed by atoms with Gasteiger partial charge >= 0.3 is 6.03 Å². The number of methoxy groups -OCH3 is 1. The number of ether oxygens (including phenoxy) is 1. The lowest BCUT2D eigenvalue weighted by molar-refractivity contribution is -0.135. The maximum atomic E-state index is 13.2. The maximum absolute atomic E-state index is 13.2. The second-order valence-electron chi connectivity index (χ2n) is 7.77. The zero-order valence-electron chi connectivity index (χ0n) is 18.1. The third-order valence-electron chi connectivity index (χ3n) is 5.98. The number of fused-ring (bicyclic) bond motifs is 1. The average Bonchev–Trinajstić information content (AvgIpc) is 3.33. The van der Waals surface area contributed by atoms with Gasteiger partial charge in [-0.05, 0) is 42.2 Å². The first kappa shape index (κ1) is 21.4. The zero-order valence-corrected chi connectivity index (χ0v) is 18.1. The van der Waals surface area contributed by atoms with Gasteiger partial charge < -0.3 is 20.4 Å². The van der Waals surface area contributed by atoms with E-state index < -0.39 is 17.5 Å². The third-order valence-corrected chi connectivity index (χ3v) is 5.98. The molecule has 32 heavy (non-hydrogen) atoms. The molecule has 2 heterocycles. The molecule has 8 heteroatoms. The molecule has 3 N–H and O–H groups in total. The molecule has 1 atom stereocenters. The molecule has 0 radical (unpaired) electrons. The van der Waals surface area contributed by atoms with Crippen molar-refractivity contribution in [2.45, 2.75) is 25.3 Å². The number of imide groups is 1. The third kappa shape index (κ3) is 3.79. The lowest BCUT2D eigenvalue weighted by atomic mass is 9.87. The Kier molecular flexibility index (Phi) is 5.85. The van der Waals surface area contributed by atoms with Crippen LogP contribution in [-0.4, -0.2) is 47.9 Å². The van der Waals surface area contributed by atoms with E-state index >= 15 is 0 Å². The highest BCUT2D eigenvalue weighted by molar-refractivity contribution is 6.09. The van der Waals surface area contributed by atoms with Crippen LogP contribution in [0.25, 0.3) is 10.9 Å². The normalized spacial score (nSPS) is 18.1. The Morgan fingerprint density at radius 1 is 1.12 bits per heavy atom. The van der Waals surface area contributed by atoms with Crippen LogP contribution in [0.4, 0.5) is 4.79 Å². The van der Waals surface area contributed by atoms with Crippen molar-refractivity contribution in [2.24, 2.45) is 0 Å². The van der Waals surface area contributed by atoms with E-state index in [-0.39, 0.29) is 12.5 Å². The Bertz CT molecular complexity index is 1150. The number of nitrogens with one attached hydrogen (secondary N) is 3. The number of nitrogens with zero attached hydrogens (tertiary/aromatic N) is 1. The number of aromatic amines is 1. The maximum Gasteiger partial charge on any atom is 0.325 e. The number of hydrogen-bond acceptors (Lipinski definition) is 4. The fraction of sp³-hybridized carbons (Fsp3) is 0.292. The van der Waals surface area contributed by atoms with Gasteiger partial charge in [-0.1, -0.05) is 37.3 Å². The van der Waals surface area contributed by atoms with Gasteiger partial charge in [0.2, 0.25) is 5.91 Å². The molecule has 4 rings (SSSR count). The number of carbonyl (C=O) groups excluding carboxylic acids is 3. The molecule has 1 aromatic heterocycles. The van der Waals surface area contributed by atoms with Gasteiger partial charge in [-0.15, -0.1) is 0 Å². The van der Waals surface area contributed by atoms with Crippen molar-refractivity contribution < 1.29 is 19.1 Å². The smallest absolute Gasteiger partial charge is 0.325 e. The van der Waals surface area contributed by atoms with Gasteiger partial charge in [-0.3, -0.25) is 14.5 Å². The summed E-state index contributed by atoms with van der Waals surface area (Å²) in [5.74, 6) is -0.153. The number of carbonyl (C=O) groups is 3. The molecule has 8 nitrogen and oxygen atoms in total. The molecule has 1 aliphatic heterocycles. The first-order valence-corrected chi connectivity index (χ1v) is 10.6. The number of benzene rings is 2. The summed E-state index contributed by atoms with van der Waals surface area (Å²) in [7, 11) is 1.56. The molecule has 1 fully saturated rings. The Morgan fingerprint density at radius 3 is 2.59 bits per heavy atom. The highest BCUT2D eigenvalue weighted by Gasteiger charge is 2.51. The van der Waals surface area contributed by atoms with E-state index in [0.717, 1.165) is 21.4 Å². The van der Waals surface area contributed by atoms with Crippen molar-refractivity contribution in [3.63, 3.8) is 0 Å². The summed E-state index contributed by atoms with van der Waals surface area (Å²) in [6.07, 6.45) is 2.93. The molecule has 0 spiro atoms. The Labute approximate surface area is 185 Å². The van der Waals surface area contributed by atoms with Crippen LogP contribution in [0.1, 0.15) is 24.5 Å². The van der Waals surface area contributed by atoms with Crippen LogP contribution < -0.4 is 15.4 Å². The van der Waals surface area contributed by atoms with Gasteiger partial charge in [0, 0.05) is 23.6 Å². The van der Waals surface area contributed by atoms with Gasteiger partial charge in [0.1, 0.15) is 17.8 Å². The lowest BCUT2D eigenvalue weighted by Gasteiger charge is -2.26. The van der Waals surface area contributed by atoms with Crippen LogP contribution in [0, 0.1) is 0 Å². The standard InChI is InChI=1S/C24H26N4O4/c1-3-24(17-8-10-18(32-2)11-9-17)22(30)28(23(31)27-24)15-21(29)25-13-12-16-14-26-20-7-5-4-6-19(16)20/h4-11,14,26H,3,12-13,15H2,1-2H3,(H,25,29)(H,27,31). The monoisotopic (exact) mass is 434 g/mol. The average molecular weight is 434 g/mol. The van der Waals surface area contributed by atoms with Crippen LogP contribution in [0.15, 0.2) is 54.7 Å². The number of para-hydroxylation sites is 1. The van der Waals surface area contributed by atoms with Crippen molar-refractivity contribution in [3.05, 3.63) is 65.9 Å². The molecular weight excluding hydrogens is 408 g/mol. The predicted molar refractivity (Wildman–Crippen MR) is 120 cm³/mol. The first-order chi connectivity index (χ1) is 15.5. The molecule has 4 amide bonds. The summed E-state index contributed by atoms with van der Waals surface area (Å²) in [6, 6.07) is 14.4. The van der Waals surface area contributed by atoms with E-state index in [1.807, 2.05) is 37.4 Å². The van der Waals surface area contributed by atoms with E-state index in [0.29, 0.717) is 30.7 Å². The molecule has 0 bridgehead atoms. The van der Waals surface area contributed by atoms with Crippen LogP contribution in [-0.2, 0) is 21.5 Å². The number of hydrogen-bond donors (Lipinski definition) is 3. The fourth-order valence-corrected chi connectivity index (χ4v) is 4.16. The SMILES string of the molecule is CCC1(c2ccc(OC)cc2)NC(=O)N(CC(=O)NCCc2c[nH]c3ccccc23)C1=O. The Balaban J connectivity index is 1.39. The van der Waals surface area contributed by atoms with Crippen LogP contribution in [0.2, 0.25) is 0 Å². The molecule has 1 unspecified atom stereocenters. The molecule has 166 valence electrons. The highest BCUT2D eigenvalue weighted by Crippen LogP contribution is 2.33. The summed E-state index contributed by atoms with van der Waals surface area (Å²) >= 11 is 0. The zero-order chi connectivity index (χ0) is 22.7. The summed E-state index contributed by atoms with van der Waals surface area (Å²) in [5.41, 5.74) is 1.61. The minimum Gasteiger partial charge on any atom is -0.497 e. The van der Waals surface area contributed by atoms with Crippen LogP contribution in [0.5, 0.6) is 5.75 Å². The van der Waals surface area contributed by atoms with Gasteiger partial charge in [0.15, 0.2) is 0 Å². The summed E-state index contributed by atoms with van der Waals surface area (Å²) < 4.78 is 5.17. The molecule has 1 aliphatic rings. The first-order valence-electron chi connectivity index (χ1n) is 10.6. The van der Waals surface area contributed by atoms with Crippen LogP contribution >= 0.6 is 0 Å². The van der Waals surface area contributed by atoms with Gasteiger partial charge in [-0.2, -0.15) is 0 Å². The van der Waals surface area contributed by atoms with Crippen LogP contribution in [0.3, 0.4) is 0 Å². The van der Waals surface area contributed by atoms with Gasteiger partial charge in [0.25, 0.3) is 5.91 Å². The van der Waals surface area contributed by atoms with Crippen molar-refractivity contribution in [1.82, 2.24) is 20.5 Å². The highest BCUT2D eigenvalue weighted by atomic mass is 16.5. The quantitative estimate of drug-likeness (QED) is 0.474. The van der Waals surface area contributed by atoms with Crippen molar-refractivity contribution in [1.29, 1.82) is 0 Å². The van der Waals surface area contributed by atoms with Crippen molar-refractivity contribution in [3.8, 4) is 5.75 Å². The van der Waals surface area contributed by atoms with Gasteiger partial charge in [0.05, 0.1) is 7.11 Å². The molecule has 0 saturated carbocycles. The van der Waals surface area contributed by atoms with E-state index in [1.165, 1.54) is 0 Å². The minimum atomic E-state index is -1.19. The topological polar surface area (TPSA) is 104 Å². The number of H-pyrrole nitrogens is 1. The molecule has 0 aliphatic carbocycles. The van der Waals surface area contributed by atoms with Gasteiger partial charge in [-0.25, -0.2) is 4.79 Å². The van der Waals surface area contributed by atoms with E-state index in [9.17, 15) is 14.4 Å². The number of aromatic nitrogens is 1. The molecule has 2 aromatic carbocycles. The Hall–Kier alpha value is -3.81. The van der Waals surface area contributed by atoms with E-state index in [1.54, 1.807) is 31.4 Å². The second-order valence-corrected chi connectivity index (χ2v) is 7.77. The van der Waals surface area contributed by atoms with E-state index in [2.05, 4.69) is 15.6 Å². The Morgan fingerprint density at radius 2 is 1.88 bits per heavy atom. The predicted octanol–water partition coefficient (Wildman–Crippen LogP) is 2.69. The van der Waals surface area contributed by atoms with Crippen molar-refractivity contribution in [2.75, 3.05) is 20.2 Å². The largest absolute Gasteiger partial charge is 0.497 e. The van der Waals surface area contributed by atoms with Crippen molar-refractivity contribution >= 4 is 28.7 Å². The molecular formula is C24H26N4O4. The molecule has 3 aromatic rings. The molecule has 1 saturated heterocycles. The minimum absolute atomic E-state index is 0.323. The fourth-order valence-electron chi connectivity index (χ4n) is 4.16. The van der Waals surface area contributed by atoms with E-state index in [4.69, 9.17) is 4.74 Å². The summed E-state index contributed by atoms with van der Waals surface area (Å²) in [5, 5.41) is 6.71. The lowest BCUT2D eigenvalue weighted by Crippen LogP contribution is -2.45.